The summed E-state index contributed by atoms with van der Waals surface area (Å²) in [6.45, 7) is 2.44. The van der Waals surface area contributed by atoms with Crippen LogP contribution in [-0.2, 0) is 4.79 Å². The second-order valence-electron chi connectivity index (χ2n) is 10.1. The number of nitrogens with one attached hydrogen (secondary N) is 2. The van der Waals surface area contributed by atoms with Crippen LogP contribution in [0, 0.1) is 0 Å². The van der Waals surface area contributed by atoms with Gasteiger partial charge in [-0.15, -0.1) is 0 Å². The van der Waals surface area contributed by atoms with Crippen molar-refractivity contribution < 1.29 is 19.1 Å². The van der Waals surface area contributed by atoms with Gasteiger partial charge in [0.25, 0.3) is 11.8 Å². The Balaban J connectivity index is 1.26. The first-order valence-electron chi connectivity index (χ1n) is 14.6. The predicted molar refractivity (Wildman–Crippen MR) is 180 cm³/mol. The van der Waals surface area contributed by atoms with Gasteiger partial charge in [0.15, 0.2) is 5.78 Å². The molecule has 0 spiro atoms. The molecule has 5 aromatic rings. The molecule has 0 aliphatic rings. The first-order valence-corrected chi connectivity index (χ1v) is 14.6. The van der Waals surface area contributed by atoms with E-state index in [1.165, 1.54) is 6.08 Å². The Labute approximate surface area is 262 Å². The summed E-state index contributed by atoms with van der Waals surface area (Å²) in [5.74, 6) is -0.373. The molecule has 0 bridgehead atoms. The van der Waals surface area contributed by atoms with Crippen LogP contribution in [0.1, 0.15) is 38.8 Å². The van der Waals surface area contributed by atoms with Gasteiger partial charge in [-0.3, -0.25) is 14.4 Å². The van der Waals surface area contributed by atoms with E-state index >= 15 is 0 Å². The standard InChI is InChI=1S/C39H32N2O4/c1-2-45-35-24-15-29(16-25-35)27-36(41-38(43)33-11-7-4-8-12-33)39(44)40-34-22-20-32(21-23-34)37(42)26-17-28-13-18-31(19-14-28)30-9-5-3-6-10-30/h3-27H,2H2,1H3,(H,40,44)(H,41,43)/b26-17+,36-27-. The third-order valence-corrected chi connectivity index (χ3v) is 6.90. The SMILES string of the molecule is CCOc1ccc(/C=C(\NC(=O)c2ccccc2)C(=O)Nc2ccc(C(=O)/C=C/c3ccc(-c4ccccc4)cc3)cc2)cc1. The molecular formula is C39H32N2O4. The average Bonchev–Trinajstić information content (AvgIpc) is 3.09. The topological polar surface area (TPSA) is 84.5 Å². The van der Waals surface area contributed by atoms with E-state index in [-0.39, 0.29) is 11.5 Å². The van der Waals surface area contributed by atoms with Crippen LogP contribution < -0.4 is 15.4 Å². The van der Waals surface area contributed by atoms with Gasteiger partial charge in [-0.1, -0.05) is 91.0 Å². The fourth-order valence-electron chi connectivity index (χ4n) is 4.54. The molecular weight excluding hydrogens is 560 g/mol. The van der Waals surface area contributed by atoms with Crippen molar-refractivity contribution in [2.24, 2.45) is 0 Å². The van der Waals surface area contributed by atoms with Gasteiger partial charge >= 0.3 is 0 Å². The molecule has 0 heterocycles. The van der Waals surface area contributed by atoms with Crippen molar-refractivity contribution in [3.63, 3.8) is 0 Å². The normalized spacial score (nSPS) is 11.2. The van der Waals surface area contributed by atoms with Gasteiger partial charge in [0.1, 0.15) is 11.4 Å². The smallest absolute Gasteiger partial charge is 0.272 e. The van der Waals surface area contributed by atoms with Gasteiger partial charge in [-0.2, -0.15) is 0 Å². The van der Waals surface area contributed by atoms with E-state index in [2.05, 4.69) is 22.8 Å². The van der Waals surface area contributed by atoms with Gasteiger partial charge in [0, 0.05) is 16.8 Å². The van der Waals surface area contributed by atoms with E-state index in [0.717, 1.165) is 16.7 Å². The molecule has 0 aliphatic heterocycles. The van der Waals surface area contributed by atoms with Crippen molar-refractivity contribution in [2.75, 3.05) is 11.9 Å². The fraction of sp³-hybridized carbons (Fsp3) is 0.0513. The number of ether oxygens (including phenoxy) is 1. The molecule has 0 aliphatic carbocycles. The van der Waals surface area contributed by atoms with Crippen molar-refractivity contribution in [3.8, 4) is 16.9 Å². The maximum atomic E-state index is 13.3. The molecule has 0 aromatic heterocycles. The van der Waals surface area contributed by atoms with E-state index in [0.29, 0.717) is 34.7 Å². The van der Waals surface area contributed by atoms with Crippen LogP contribution in [0.4, 0.5) is 5.69 Å². The quantitative estimate of drug-likeness (QED) is 0.120. The maximum absolute atomic E-state index is 13.3. The summed E-state index contributed by atoms with van der Waals surface area (Å²) >= 11 is 0. The van der Waals surface area contributed by atoms with Crippen molar-refractivity contribution in [2.45, 2.75) is 6.92 Å². The van der Waals surface area contributed by atoms with Crippen LogP contribution in [0.25, 0.3) is 23.3 Å². The molecule has 6 nitrogen and oxygen atoms in total. The average molecular weight is 593 g/mol. The molecule has 2 N–H and O–H groups in total. The van der Waals surface area contributed by atoms with Crippen LogP contribution in [0.2, 0.25) is 0 Å². The van der Waals surface area contributed by atoms with Crippen LogP contribution in [-0.4, -0.2) is 24.2 Å². The Morgan fingerprint density at radius 2 is 1.24 bits per heavy atom. The Bertz CT molecular complexity index is 1810. The zero-order valence-corrected chi connectivity index (χ0v) is 24.8. The highest BCUT2D eigenvalue weighted by molar-refractivity contribution is 6.11. The lowest BCUT2D eigenvalue weighted by Crippen LogP contribution is -2.30. The number of carbonyl (C=O) groups is 3. The predicted octanol–water partition coefficient (Wildman–Crippen LogP) is 8.06. The van der Waals surface area contributed by atoms with Crippen LogP contribution in [0.5, 0.6) is 5.75 Å². The maximum Gasteiger partial charge on any atom is 0.272 e. The highest BCUT2D eigenvalue weighted by Crippen LogP contribution is 2.20. The van der Waals surface area contributed by atoms with E-state index in [9.17, 15) is 14.4 Å². The Hall–Kier alpha value is -6.01. The number of amides is 2. The van der Waals surface area contributed by atoms with Crippen molar-refractivity contribution in [1.82, 2.24) is 5.32 Å². The third-order valence-electron chi connectivity index (χ3n) is 6.90. The molecule has 0 unspecified atom stereocenters. The van der Waals surface area contributed by atoms with Crippen LogP contribution in [0.3, 0.4) is 0 Å². The van der Waals surface area contributed by atoms with Crippen molar-refractivity contribution in [3.05, 3.63) is 167 Å². The van der Waals surface area contributed by atoms with Crippen LogP contribution >= 0.6 is 0 Å². The molecule has 2 amide bonds. The number of anilines is 1. The minimum atomic E-state index is -0.508. The summed E-state index contributed by atoms with van der Waals surface area (Å²) in [6, 6.07) is 40.6. The summed E-state index contributed by atoms with van der Waals surface area (Å²) < 4.78 is 5.50. The lowest BCUT2D eigenvalue weighted by atomic mass is 10.0. The van der Waals surface area contributed by atoms with Crippen molar-refractivity contribution >= 4 is 35.4 Å². The summed E-state index contributed by atoms with van der Waals surface area (Å²) in [5, 5.41) is 5.55. The van der Waals surface area contributed by atoms with Crippen molar-refractivity contribution in [1.29, 1.82) is 0 Å². The molecule has 45 heavy (non-hydrogen) atoms. The lowest BCUT2D eigenvalue weighted by molar-refractivity contribution is -0.113. The highest BCUT2D eigenvalue weighted by atomic mass is 16.5. The zero-order chi connectivity index (χ0) is 31.4. The summed E-state index contributed by atoms with van der Waals surface area (Å²) in [6.07, 6.45) is 4.91. The molecule has 0 saturated carbocycles. The first-order chi connectivity index (χ1) is 22.0. The Morgan fingerprint density at radius 1 is 0.644 bits per heavy atom. The summed E-state index contributed by atoms with van der Waals surface area (Å²) in [4.78, 5) is 39.1. The number of benzene rings is 5. The zero-order valence-electron chi connectivity index (χ0n) is 24.8. The Morgan fingerprint density at radius 3 is 1.89 bits per heavy atom. The summed E-state index contributed by atoms with van der Waals surface area (Å²) in [7, 11) is 0. The van der Waals surface area contributed by atoms with E-state index < -0.39 is 11.8 Å². The van der Waals surface area contributed by atoms with Gasteiger partial charge in [0.2, 0.25) is 0 Å². The Kier molecular flexibility index (Phi) is 10.1. The second-order valence-corrected chi connectivity index (χ2v) is 10.1. The molecule has 222 valence electrons. The number of carbonyl (C=O) groups excluding carboxylic acids is 3. The fourth-order valence-corrected chi connectivity index (χ4v) is 4.54. The molecule has 5 aromatic carbocycles. The van der Waals surface area contributed by atoms with Crippen LogP contribution in [0.15, 0.2) is 145 Å². The number of hydrogen-bond donors (Lipinski definition) is 2. The monoisotopic (exact) mass is 592 g/mol. The van der Waals surface area contributed by atoms with E-state index in [4.69, 9.17) is 4.74 Å². The van der Waals surface area contributed by atoms with Gasteiger partial charge in [-0.05, 0) is 89.9 Å². The number of allylic oxidation sites excluding steroid dienone is 1. The molecule has 0 atom stereocenters. The minimum Gasteiger partial charge on any atom is -0.494 e. The summed E-state index contributed by atoms with van der Waals surface area (Å²) in [5.41, 5.74) is 5.30. The second kappa shape index (κ2) is 14.9. The van der Waals surface area contributed by atoms with Gasteiger partial charge in [0.05, 0.1) is 6.61 Å². The number of hydrogen-bond acceptors (Lipinski definition) is 4. The molecule has 0 saturated heterocycles. The highest BCUT2D eigenvalue weighted by Gasteiger charge is 2.15. The number of ketones is 1. The van der Waals surface area contributed by atoms with Gasteiger partial charge < -0.3 is 15.4 Å². The molecule has 0 fully saturated rings. The number of rotatable bonds is 11. The molecule has 5 rings (SSSR count). The van der Waals surface area contributed by atoms with E-state index in [1.807, 2.05) is 55.5 Å². The first kappa shape index (κ1) is 30.4. The molecule has 0 radical (unpaired) electrons. The largest absolute Gasteiger partial charge is 0.494 e. The third kappa shape index (κ3) is 8.52. The molecule has 6 heteroatoms. The van der Waals surface area contributed by atoms with Gasteiger partial charge in [-0.25, -0.2) is 0 Å². The minimum absolute atomic E-state index is 0.0642. The van der Waals surface area contributed by atoms with E-state index in [1.54, 1.807) is 84.9 Å². The lowest BCUT2D eigenvalue weighted by Gasteiger charge is -2.12.